The first-order valence-electron chi connectivity index (χ1n) is 10.3. The van der Waals surface area contributed by atoms with Crippen LogP contribution in [0.3, 0.4) is 0 Å². The van der Waals surface area contributed by atoms with E-state index in [4.69, 9.17) is 4.74 Å². The summed E-state index contributed by atoms with van der Waals surface area (Å²) in [4.78, 5) is 51.8. The fourth-order valence-electron chi connectivity index (χ4n) is 4.27. The van der Waals surface area contributed by atoms with Gasteiger partial charge in [0.25, 0.3) is 0 Å². The number of esters is 1. The molecule has 2 aliphatic rings. The molecular weight excluding hydrogens is 394 g/mol. The predicted molar refractivity (Wildman–Crippen MR) is 114 cm³/mol. The van der Waals surface area contributed by atoms with Gasteiger partial charge >= 0.3 is 5.97 Å². The van der Waals surface area contributed by atoms with Gasteiger partial charge in [-0.2, -0.15) is 0 Å². The number of Topliss-reactive ketones (excluding diaryl/α,β-unsaturated/α-hetero) is 1. The molecule has 2 aromatic rings. The smallest absolute Gasteiger partial charge is 0.338 e. The lowest BCUT2D eigenvalue weighted by molar-refractivity contribution is -0.122. The first kappa shape index (κ1) is 20.7. The Morgan fingerprint density at radius 3 is 2.29 bits per heavy atom. The van der Waals surface area contributed by atoms with Gasteiger partial charge in [0.05, 0.1) is 23.1 Å². The molecule has 0 spiro atoms. The van der Waals surface area contributed by atoms with E-state index in [1.807, 2.05) is 19.1 Å². The van der Waals surface area contributed by atoms with Crippen molar-refractivity contribution in [2.24, 2.45) is 17.8 Å². The molecule has 4 rings (SSSR count). The molecule has 1 aliphatic heterocycles. The molecule has 4 atom stereocenters. The highest BCUT2D eigenvalue weighted by atomic mass is 16.5. The number of ether oxygens (including phenoxy) is 1. The first-order valence-corrected chi connectivity index (χ1v) is 10.3. The second-order valence-electron chi connectivity index (χ2n) is 7.99. The maximum absolute atomic E-state index is 12.9. The van der Waals surface area contributed by atoms with Crippen LogP contribution in [-0.2, 0) is 14.3 Å². The zero-order chi connectivity index (χ0) is 22.1. The third-order valence-electron chi connectivity index (χ3n) is 5.95. The molecule has 0 saturated carbocycles. The van der Waals surface area contributed by atoms with Gasteiger partial charge in [-0.3, -0.25) is 19.3 Å². The average Bonchev–Trinajstić information content (AvgIpc) is 3.05. The van der Waals surface area contributed by atoms with Gasteiger partial charge in [0, 0.05) is 5.56 Å². The number of carbonyl (C=O) groups is 4. The molecular formula is C25H23NO5. The van der Waals surface area contributed by atoms with Crippen molar-refractivity contribution in [1.82, 2.24) is 0 Å². The van der Waals surface area contributed by atoms with Crippen molar-refractivity contribution < 1.29 is 23.9 Å². The summed E-state index contributed by atoms with van der Waals surface area (Å²) in [7, 11) is 0. The zero-order valence-electron chi connectivity index (χ0n) is 17.4. The van der Waals surface area contributed by atoms with Gasteiger partial charge in [-0.1, -0.05) is 49.4 Å². The van der Waals surface area contributed by atoms with Gasteiger partial charge in [-0.05, 0) is 43.5 Å². The average molecular weight is 417 g/mol. The summed E-state index contributed by atoms with van der Waals surface area (Å²) in [6.45, 7) is 3.47. The van der Waals surface area contributed by atoms with Gasteiger partial charge in [-0.25, -0.2) is 4.79 Å². The highest BCUT2D eigenvalue weighted by Gasteiger charge is 2.50. The summed E-state index contributed by atoms with van der Waals surface area (Å²) in [6.07, 6.45) is 3.56. The summed E-state index contributed by atoms with van der Waals surface area (Å²) in [5.41, 5.74) is 1.14. The molecule has 0 radical (unpaired) electrons. The van der Waals surface area contributed by atoms with Crippen LogP contribution in [0.15, 0.2) is 66.7 Å². The number of benzene rings is 2. The summed E-state index contributed by atoms with van der Waals surface area (Å²) >= 11 is 0. The molecule has 1 heterocycles. The van der Waals surface area contributed by atoms with Gasteiger partial charge in [0.1, 0.15) is 0 Å². The number of hydrogen-bond donors (Lipinski definition) is 0. The lowest BCUT2D eigenvalue weighted by atomic mass is 9.78. The van der Waals surface area contributed by atoms with Gasteiger partial charge in [0.2, 0.25) is 17.6 Å². The molecule has 1 aliphatic carbocycles. The number of imide groups is 1. The molecule has 6 heteroatoms. The zero-order valence-corrected chi connectivity index (χ0v) is 17.4. The van der Waals surface area contributed by atoms with E-state index >= 15 is 0 Å². The minimum atomic E-state index is -0.937. The topological polar surface area (TPSA) is 80.8 Å². The SMILES string of the molecule is C[C@H](OC(=O)c1ccc(N2C(=O)[C@H]3[C@H](C)C=CC[C@@H]3C2=O)cc1)C(=O)c1ccccc1. The quantitative estimate of drug-likeness (QED) is 0.320. The number of nitrogens with zero attached hydrogens (tertiary/aromatic N) is 1. The van der Waals surface area contributed by atoms with Crippen molar-refractivity contribution in [3.8, 4) is 0 Å². The number of ketones is 1. The van der Waals surface area contributed by atoms with Crippen molar-refractivity contribution in [3.63, 3.8) is 0 Å². The van der Waals surface area contributed by atoms with Crippen LogP contribution >= 0.6 is 0 Å². The molecule has 2 amide bonds. The maximum atomic E-state index is 12.9. The number of amides is 2. The molecule has 6 nitrogen and oxygen atoms in total. The van der Waals surface area contributed by atoms with Gasteiger partial charge in [0.15, 0.2) is 6.10 Å². The van der Waals surface area contributed by atoms with E-state index < -0.39 is 12.1 Å². The number of carbonyl (C=O) groups excluding carboxylic acids is 4. The third-order valence-corrected chi connectivity index (χ3v) is 5.95. The summed E-state index contributed by atoms with van der Waals surface area (Å²) in [6, 6.07) is 14.7. The number of rotatable bonds is 5. The molecule has 2 aromatic carbocycles. The molecule has 31 heavy (non-hydrogen) atoms. The second kappa shape index (κ2) is 8.30. The third kappa shape index (κ3) is 3.81. The highest BCUT2D eigenvalue weighted by molar-refractivity contribution is 6.22. The summed E-state index contributed by atoms with van der Waals surface area (Å²) in [5.74, 6) is -2.00. The Balaban J connectivity index is 1.46. The Labute approximate surface area is 180 Å². The first-order chi connectivity index (χ1) is 14.9. The number of allylic oxidation sites excluding steroid dienone is 2. The maximum Gasteiger partial charge on any atom is 0.338 e. The normalized spacial score (nSPS) is 23.4. The number of hydrogen-bond acceptors (Lipinski definition) is 5. The Bertz CT molecular complexity index is 1060. The van der Waals surface area contributed by atoms with Crippen LogP contribution in [-0.4, -0.2) is 29.7 Å². The molecule has 158 valence electrons. The van der Waals surface area contributed by atoms with Crippen LogP contribution in [0.25, 0.3) is 0 Å². The lowest BCUT2D eigenvalue weighted by Crippen LogP contribution is -2.31. The van der Waals surface area contributed by atoms with Gasteiger partial charge in [-0.15, -0.1) is 0 Å². The van der Waals surface area contributed by atoms with E-state index in [1.54, 1.807) is 42.5 Å². The van der Waals surface area contributed by atoms with Crippen LogP contribution < -0.4 is 4.90 Å². The molecule has 1 fully saturated rings. The van der Waals surface area contributed by atoms with Crippen LogP contribution in [0.5, 0.6) is 0 Å². The Kier molecular flexibility index (Phi) is 5.55. The molecule has 0 N–H and O–H groups in total. The molecule has 1 saturated heterocycles. The van der Waals surface area contributed by atoms with Gasteiger partial charge < -0.3 is 4.74 Å². The van der Waals surface area contributed by atoms with Crippen molar-refractivity contribution >= 4 is 29.3 Å². The predicted octanol–water partition coefficient (Wildman–Crippen LogP) is 3.82. The Morgan fingerprint density at radius 2 is 1.65 bits per heavy atom. The summed E-state index contributed by atoms with van der Waals surface area (Å²) < 4.78 is 5.31. The molecule has 0 unspecified atom stereocenters. The van der Waals surface area contributed by atoms with E-state index in [1.165, 1.54) is 24.0 Å². The minimum absolute atomic E-state index is 0.0121. The number of anilines is 1. The Morgan fingerprint density at radius 1 is 0.968 bits per heavy atom. The van der Waals surface area contributed by atoms with E-state index in [2.05, 4.69) is 0 Å². The lowest BCUT2D eigenvalue weighted by Gasteiger charge is -2.22. The van der Waals surface area contributed by atoms with E-state index in [0.717, 1.165) is 0 Å². The fraction of sp³-hybridized carbons (Fsp3) is 0.280. The standard InChI is InChI=1S/C25H23NO5/c1-15-7-6-10-20-21(15)24(29)26(23(20)28)19-13-11-18(12-14-19)25(30)31-16(2)22(27)17-8-4-3-5-9-17/h3-9,11-16,20-21H,10H2,1-2H3/t15-,16+,20+,21+/m1/s1. The van der Waals surface area contributed by atoms with Crippen molar-refractivity contribution in [2.75, 3.05) is 4.90 Å². The second-order valence-corrected chi connectivity index (χ2v) is 7.99. The fourth-order valence-corrected chi connectivity index (χ4v) is 4.27. The van der Waals surface area contributed by atoms with Crippen LogP contribution in [0.1, 0.15) is 41.0 Å². The highest BCUT2D eigenvalue weighted by Crippen LogP contribution is 2.40. The molecule has 0 bridgehead atoms. The van der Waals surface area contributed by atoms with Crippen LogP contribution in [0, 0.1) is 17.8 Å². The monoisotopic (exact) mass is 417 g/mol. The molecule has 0 aromatic heterocycles. The van der Waals surface area contributed by atoms with Crippen molar-refractivity contribution in [1.29, 1.82) is 0 Å². The van der Waals surface area contributed by atoms with E-state index in [9.17, 15) is 19.2 Å². The van der Waals surface area contributed by atoms with Crippen molar-refractivity contribution in [2.45, 2.75) is 26.4 Å². The Hall–Kier alpha value is -3.54. The van der Waals surface area contributed by atoms with E-state index in [0.29, 0.717) is 17.7 Å². The minimum Gasteiger partial charge on any atom is -0.451 e. The van der Waals surface area contributed by atoms with Crippen LogP contribution in [0.4, 0.5) is 5.69 Å². The van der Waals surface area contributed by atoms with Crippen LogP contribution in [0.2, 0.25) is 0 Å². The van der Waals surface area contributed by atoms with E-state index in [-0.39, 0.29) is 40.9 Å². The largest absolute Gasteiger partial charge is 0.451 e. The summed E-state index contributed by atoms with van der Waals surface area (Å²) in [5, 5.41) is 0. The number of fused-ring (bicyclic) bond motifs is 1. The van der Waals surface area contributed by atoms with Crippen molar-refractivity contribution in [3.05, 3.63) is 77.9 Å².